The third-order valence-electron chi connectivity index (χ3n) is 17.7. The highest BCUT2D eigenvalue weighted by Crippen LogP contribution is 2.35. The molecule has 2 aromatic carbocycles. The number of aromatic nitrogens is 4. The van der Waals surface area contributed by atoms with E-state index in [0.29, 0.717) is 129 Å². The fourth-order valence-electron chi connectivity index (χ4n) is 12.6. The van der Waals surface area contributed by atoms with Gasteiger partial charge in [-0.2, -0.15) is 23.6 Å². The Bertz CT molecular complexity index is 4120. The number of urea groups is 4. The minimum atomic E-state index is -4.82. The summed E-state index contributed by atoms with van der Waals surface area (Å²) in [7, 11) is 1.20. The number of hydrogen-bond donors (Lipinski definition) is 7. The van der Waals surface area contributed by atoms with Crippen LogP contribution in [0.15, 0.2) is 134 Å². The first kappa shape index (κ1) is 74.4. The summed E-state index contributed by atoms with van der Waals surface area (Å²) in [5.74, 6) is -0.165. The number of aliphatic carboxylic acids is 1. The number of nitrogens with two attached hydrogens (primary N) is 1. The number of nitrogen functional groups attached to an aromatic ring is 1. The molecule has 11 amide bonds. The predicted octanol–water partition coefficient (Wildman–Crippen LogP) is 5.29. The van der Waals surface area contributed by atoms with Gasteiger partial charge in [0.15, 0.2) is 0 Å². The number of nitrogens with one attached hydrogen (secondary N) is 3. The molecule has 14 rings (SSSR count). The fraction of sp³-hybridized carbons (Fsp3) is 0.394. The highest BCUT2D eigenvalue weighted by molar-refractivity contribution is 7.80. The van der Waals surface area contributed by atoms with E-state index in [1.54, 1.807) is 66.9 Å². The largest absolute Gasteiger partial charge is 0.481 e. The molecule has 4 aromatic heterocycles. The number of hydroxylamine groups is 8. The first-order chi connectivity index (χ1) is 49.5. The standard InChI is InChI=1S/C20H22N4O4.C14H16N2O4.C13H16N4O7S.C13H16N4O4.C6H8N2O/c1-27-18-11-15(9-10-21-18)22-19(25)17-8-7-16-12-23(17)20(26)24(16)28-13-14-5-3-2-4-6-14;17-13(18)12-7-6-11-8-15(12)14(19)16(11)20-9-10-4-2-1-3-5-10;1-23-11-6-8(4-5-14-11)15-12(18)10-3-2-9-7-16(10)13(19)17(9)24-25(20,21)22;1-21-11-6-8(4-5-14-11)15-12(18)10-3-2-9-7-16(10)13(19)17(9)20;1-9-6-4-5(7)2-3-8-6/h2-6,9-11,16-17H,7-8,12-13H2,1H3,(H,21,22,25);1-5,11-12H,6-9H2,(H,17,18);4-6,9-10H,2-3,7H2,1H3,(H,14,15,18)(H,20,21,22);4-6,9-10,20H,2-3,7H2,1H3,(H,14,15,18);2-4H,1H3,(H2,7,8)/t16-,17+;11-,12+;2*9-,10+;/m1111./s1. The quantitative estimate of drug-likeness (QED) is 0.0400. The fourth-order valence-corrected chi connectivity index (χ4v) is 13.0. The minimum Gasteiger partial charge on any atom is -0.481 e. The Balaban J connectivity index is 0.000000143. The van der Waals surface area contributed by atoms with Crippen LogP contribution in [0.2, 0.25) is 0 Å². The van der Waals surface area contributed by atoms with Crippen molar-refractivity contribution in [2.24, 2.45) is 0 Å². The molecule has 37 heteroatoms. The van der Waals surface area contributed by atoms with Crippen molar-refractivity contribution in [3.63, 3.8) is 0 Å². The van der Waals surface area contributed by atoms with E-state index in [9.17, 15) is 52.0 Å². The zero-order valence-electron chi connectivity index (χ0n) is 56.4. The number of carbonyl (C=O) groups excluding carboxylic acids is 7. The van der Waals surface area contributed by atoms with Gasteiger partial charge >= 0.3 is 40.5 Å². The summed E-state index contributed by atoms with van der Waals surface area (Å²) in [6.45, 7) is 2.08. The van der Waals surface area contributed by atoms with Gasteiger partial charge in [0, 0.05) is 98.0 Å². The number of fused-ring (bicyclic) bond motifs is 8. The van der Waals surface area contributed by atoms with Gasteiger partial charge in [0.2, 0.25) is 41.2 Å². The first-order valence-corrected chi connectivity index (χ1v) is 33.9. The molecule has 0 spiro atoms. The number of nitrogens with zero attached hydrogens (tertiary/aromatic N) is 12. The number of carboxylic acids is 1. The van der Waals surface area contributed by atoms with Gasteiger partial charge in [-0.1, -0.05) is 60.7 Å². The van der Waals surface area contributed by atoms with E-state index in [0.717, 1.165) is 22.6 Å². The third-order valence-corrected chi connectivity index (χ3v) is 18.1. The van der Waals surface area contributed by atoms with Crippen LogP contribution in [0.4, 0.5) is 41.9 Å². The molecule has 6 aromatic rings. The first-order valence-electron chi connectivity index (χ1n) is 32.5. The summed E-state index contributed by atoms with van der Waals surface area (Å²) >= 11 is 0. The lowest BCUT2D eigenvalue weighted by molar-refractivity contribution is -0.143. The maximum atomic E-state index is 12.8. The Morgan fingerprint density at radius 2 is 0.796 bits per heavy atom. The normalized spacial score (nSPS) is 21.8. The van der Waals surface area contributed by atoms with Crippen LogP contribution in [0.5, 0.6) is 23.5 Å². The van der Waals surface area contributed by atoms with Crippen LogP contribution in [0.3, 0.4) is 0 Å². The zero-order valence-corrected chi connectivity index (χ0v) is 57.2. The molecule has 8 aliphatic rings. The molecule has 12 heterocycles. The second-order valence-electron chi connectivity index (χ2n) is 24.3. The summed E-state index contributed by atoms with van der Waals surface area (Å²) in [5, 5.41) is 31.1. The van der Waals surface area contributed by atoms with Crippen LogP contribution in [-0.4, -0.2) is 234 Å². The van der Waals surface area contributed by atoms with Crippen LogP contribution < -0.4 is 40.6 Å². The van der Waals surface area contributed by atoms with Crippen LogP contribution in [0.1, 0.15) is 62.5 Å². The molecular weight excluding hydrogens is 1370 g/mol. The molecule has 548 valence electrons. The summed E-state index contributed by atoms with van der Waals surface area (Å²) in [6, 6.07) is 27.1. The number of piperidine rings is 4. The van der Waals surface area contributed by atoms with Gasteiger partial charge in [-0.3, -0.25) is 33.8 Å². The van der Waals surface area contributed by atoms with Crippen molar-refractivity contribution in [3.8, 4) is 23.5 Å². The number of benzene rings is 2. The average molecular weight is 1450 g/mol. The van der Waals surface area contributed by atoms with Gasteiger partial charge in [0.05, 0.1) is 52.6 Å². The van der Waals surface area contributed by atoms with Crippen LogP contribution in [0.25, 0.3) is 0 Å². The SMILES string of the molecule is COc1cc(N)ccn1.COc1cc(NC(=O)[C@@H]2CC[C@@H]3CN2C(=O)N3O)ccn1.COc1cc(NC(=O)[C@@H]2CC[C@@H]3CN2C(=O)N3OCc2ccccc2)ccn1.COc1cc(NC(=O)[C@@H]2CC[C@@H]3CN2C(=O)N3OS(=O)(=O)O)ccn1.O=C(O)[C@@H]1CC[C@@H]2CN1C(=O)N2OCc1ccccc1. The molecule has 0 saturated carbocycles. The average Bonchev–Trinajstić information content (AvgIpc) is 1.66. The number of carbonyl (C=O) groups is 8. The smallest absolute Gasteiger partial charge is 0.418 e. The second-order valence-corrected chi connectivity index (χ2v) is 25.3. The van der Waals surface area contributed by atoms with Crippen molar-refractivity contribution in [1.82, 2.24) is 59.8 Å². The number of amides is 11. The second kappa shape index (κ2) is 33.9. The van der Waals surface area contributed by atoms with Crippen molar-refractivity contribution < 1.29 is 94.5 Å². The molecule has 0 aliphatic carbocycles. The van der Waals surface area contributed by atoms with E-state index in [1.807, 2.05) is 60.7 Å². The van der Waals surface area contributed by atoms with Gasteiger partial charge in [0.25, 0.3) is 0 Å². The van der Waals surface area contributed by atoms with Crippen LogP contribution >= 0.6 is 0 Å². The summed E-state index contributed by atoms with van der Waals surface area (Å²) < 4.78 is 54.7. The van der Waals surface area contributed by atoms with Gasteiger partial charge in [0.1, 0.15) is 37.4 Å². The van der Waals surface area contributed by atoms with Gasteiger partial charge in [-0.05, 0) is 86.8 Å². The summed E-state index contributed by atoms with van der Waals surface area (Å²) in [5.41, 5.74) is 9.65. The molecule has 8 N–H and O–H groups in total. The summed E-state index contributed by atoms with van der Waals surface area (Å²) in [6.07, 6.45) is 10.4. The highest BCUT2D eigenvalue weighted by Gasteiger charge is 2.52. The van der Waals surface area contributed by atoms with Crippen LogP contribution in [-0.2, 0) is 56.7 Å². The number of pyridine rings is 4. The molecule has 8 aliphatic heterocycles. The van der Waals surface area contributed by atoms with E-state index in [4.69, 9.17) is 44.0 Å². The predicted molar refractivity (Wildman–Crippen MR) is 361 cm³/mol. The molecular formula is C66H78N16O20S. The monoisotopic (exact) mass is 1450 g/mol. The van der Waals surface area contributed by atoms with Crippen molar-refractivity contribution in [1.29, 1.82) is 0 Å². The van der Waals surface area contributed by atoms with Gasteiger partial charge in [-0.25, -0.2) is 49.0 Å². The minimum absolute atomic E-state index is 0.0266. The molecule has 8 fully saturated rings. The Morgan fingerprint density at radius 1 is 0.466 bits per heavy atom. The molecule has 0 radical (unpaired) electrons. The van der Waals surface area contributed by atoms with Crippen molar-refractivity contribution in [2.45, 2.75) is 113 Å². The number of anilines is 4. The zero-order chi connectivity index (χ0) is 73.5. The highest BCUT2D eigenvalue weighted by atomic mass is 32.3. The summed E-state index contributed by atoms with van der Waals surface area (Å²) in [4.78, 5) is 131. The molecule has 0 unspecified atom stereocenters. The Kier molecular flexibility index (Phi) is 24.5. The molecule has 8 bridgehead atoms. The van der Waals surface area contributed by atoms with Gasteiger partial charge in [-0.15, -0.1) is 4.28 Å². The number of rotatable bonds is 19. The van der Waals surface area contributed by atoms with E-state index in [-0.39, 0.29) is 48.5 Å². The molecule has 8 saturated heterocycles. The maximum Gasteiger partial charge on any atom is 0.418 e. The van der Waals surface area contributed by atoms with E-state index < -0.39 is 64.5 Å². The van der Waals surface area contributed by atoms with E-state index >= 15 is 0 Å². The molecule has 36 nitrogen and oxygen atoms in total. The van der Waals surface area contributed by atoms with Crippen molar-refractivity contribution >= 4 is 81.0 Å². The van der Waals surface area contributed by atoms with E-state index in [2.05, 4.69) is 40.2 Å². The molecule has 103 heavy (non-hydrogen) atoms. The third kappa shape index (κ3) is 18.7. The maximum absolute atomic E-state index is 12.8. The lowest BCUT2D eigenvalue weighted by atomic mass is 10.0. The number of methoxy groups -OCH3 is 4. The Hall–Kier alpha value is -11.2. The Labute approximate surface area is 590 Å². The molecule has 8 atom stereocenters. The van der Waals surface area contributed by atoms with Gasteiger partial charge < -0.3 is 65.3 Å². The lowest BCUT2D eigenvalue weighted by Crippen LogP contribution is -2.47. The van der Waals surface area contributed by atoms with Crippen LogP contribution in [0, 0.1) is 0 Å². The number of carboxylic acid groups (broad SMARTS) is 1. The Morgan fingerprint density at radius 3 is 1.17 bits per heavy atom. The topological polar surface area (TPSA) is 436 Å². The van der Waals surface area contributed by atoms with Crippen molar-refractivity contribution in [2.75, 3.05) is 76.3 Å². The van der Waals surface area contributed by atoms with Crippen molar-refractivity contribution in [3.05, 3.63) is 145 Å². The van der Waals surface area contributed by atoms with E-state index in [1.165, 1.54) is 64.6 Å². The number of hydrogen-bond acceptors (Lipinski definition) is 23. The lowest BCUT2D eigenvalue weighted by Gasteiger charge is -2.29. The number of ether oxygens (including phenoxy) is 4.